The standard InChI is InChI=1S/C10H11F2NO/c1-2-3-7(13)6-4-5-8(14)10(12)9(6)11/h2,4-5,7,14H,1,3,13H2. The molecule has 3 N–H and O–H groups in total. The molecule has 0 radical (unpaired) electrons. The van der Waals surface area contributed by atoms with Gasteiger partial charge in [-0.05, 0) is 12.5 Å². The highest BCUT2D eigenvalue weighted by molar-refractivity contribution is 5.31. The Labute approximate surface area is 80.7 Å². The van der Waals surface area contributed by atoms with E-state index < -0.39 is 23.4 Å². The molecule has 0 bridgehead atoms. The average molecular weight is 199 g/mol. The zero-order chi connectivity index (χ0) is 10.7. The monoisotopic (exact) mass is 199 g/mol. The molecule has 1 aromatic rings. The number of rotatable bonds is 3. The van der Waals surface area contributed by atoms with Gasteiger partial charge in [-0.15, -0.1) is 6.58 Å². The Hall–Kier alpha value is -1.42. The van der Waals surface area contributed by atoms with Crippen LogP contribution in [-0.2, 0) is 0 Å². The molecule has 4 heteroatoms. The van der Waals surface area contributed by atoms with Crippen molar-refractivity contribution in [3.8, 4) is 5.75 Å². The van der Waals surface area contributed by atoms with E-state index in [1.807, 2.05) is 0 Å². The highest BCUT2D eigenvalue weighted by Crippen LogP contribution is 2.25. The van der Waals surface area contributed by atoms with E-state index in [4.69, 9.17) is 10.8 Å². The number of nitrogens with two attached hydrogens (primary N) is 1. The van der Waals surface area contributed by atoms with Crippen LogP contribution in [0, 0.1) is 11.6 Å². The first-order valence-corrected chi connectivity index (χ1v) is 4.11. The Kier molecular flexibility index (Phi) is 3.19. The van der Waals surface area contributed by atoms with Gasteiger partial charge in [0.25, 0.3) is 0 Å². The van der Waals surface area contributed by atoms with E-state index in [-0.39, 0.29) is 5.56 Å². The fourth-order valence-corrected chi connectivity index (χ4v) is 1.15. The SMILES string of the molecule is C=CCC(N)c1ccc(O)c(F)c1F. The van der Waals surface area contributed by atoms with Gasteiger partial charge in [0.1, 0.15) is 0 Å². The largest absolute Gasteiger partial charge is 0.505 e. The van der Waals surface area contributed by atoms with Crippen LogP contribution in [0.2, 0.25) is 0 Å². The van der Waals surface area contributed by atoms with Gasteiger partial charge in [-0.1, -0.05) is 12.1 Å². The predicted molar refractivity (Wildman–Crippen MR) is 49.8 cm³/mol. The molecule has 0 aromatic heterocycles. The van der Waals surface area contributed by atoms with Gasteiger partial charge in [0.15, 0.2) is 11.6 Å². The van der Waals surface area contributed by atoms with Crippen LogP contribution < -0.4 is 5.73 Å². The summed E-state index contributed by atoms with van der Waals surface area (Å²) in [7, 11) is 0. The lowest BCUT2D eigenvalue weighted by molar-refractivity contribution is 0.401. The lowest BCUT2D eigenvalue weighted by atomic mass is 10.0. The van der Waals surface area contributed by atoms with E-state index in [0.717, 1.165) is 6.07 Å². The number of phenols is 1. The number of aromatic hydroxyl groups is 1. The minimum atomic E-state index is -1.26. The molecule has 0 saturated heterocycles. The molecule has 1 aromatic carbocycles. The second kappa shape index (κ2) is 4.19. The lowest BCUT2D eigenvalue weighted by Gasteiger charge is -2.11. The van der Waals surface area contributed by atoms with Crippen molar-refractivity contribution in [2.45, 2.75) is 12.5 Å². The molecule has 2 nitrogen and oxygen atoms in total. The van der Waals surface area contributed by atoms with E-state index in [0.29, 0.717) is 6.42 Å². The van der Waals surface area contributed by atoms with Crippen LogP contribution in [-0.4, -0.2) is 5.11 Å². The maximum absolute atomic E-state index is 13.2. The highest BCUT2D eigenvalue weighted by Gasteiger charge is 2.16. The Morgan fingerprint density at radius 2 is 2.07 bits per heavy atom. The number of hydrogen-bond acceptors (Lipinski definition) is 2. The van der Waals surface area contributed by atoms with E-state index >= 15 is 0 Å². The third kappa shape index (κ3) is 1.90. The number of halogens is 2. The van der Waals surface area contributed by atoms with Gasteiger partial charge in [0.2, 0.25) is 5.82 Å². The van der Waals surface area contributed by atoms with Crippen LogP contribution in [0.3, 0.4) is 0 Å². The fraction of sp³-hybridized carbons (Fsp3) is 0.200. The normalized spacial score (nSPS) is 12.5. The number of benzene rings is 1. The Morgan fingerprint density at radius 3 is 2.64 bits per heavy atom. The van der Waals surface area contributed by atoms with Gasteiger partial charge < -0.3 is 10.8 Å². The van der Waals surface area contributed by atoms with Gasteiger partial charge in [0.05, 0.1) is 0 Å². The van der Waals surface area contributed by atoms with E-state index in [9.17, 15) is 8.78 Å². The van der Waals surface area contributed by atoms with Crippen LogP contribution >= 0.6 is 0 Å². The molecule has 76 valence electrons. The molecule has 0 aliphatic carbocycles. The number of hydrogen-bond donors (Lipinski definition) is 2. The minimum absolute atomic E-state index is 0.0419. The van der Waals surface area contributed by atoms with E-state index in [1.54, 1.807) is 0 Å². The van der Waals surface area contributed by atoms with E-state index in [1.165, 1.54) is 12.1 Å². The van der Waals surface area contributed by atoms with Crippen molar-refractivity contribution >= 4 is 0 Å². The Balaban J connectivity index is 3.10. The lowest BCUT2D eigenvalue weighted by Crippen LogP contribution is -2.11. The molecule has 1 atom stereocenters. The summed E-state index contributed by atoms with van der Waals surface area (Å²) in [4.78, 5) is 0. The van der Waals surface area contributed by atoms with E-state index in [2.05, 4.69) is 6.58 Å². The van der Waals surface area contributed by atoms with Gasteiger partial charge in [-0.3, -0.25) is 0 Å². The summed E-state index contributed by atoms with van der Waals surface area (Å²) in [6, 6.07) is 1.71. The van der Waals surface area contributed by atoms with Crippen LogP contribution in [0.4, 0.5) is 8.78 Å². The summed E-state index contributed by atoms with van der Waals surface area (Å²) >= 11 is 0. The second-order valence-electron chi connectivity index (χ2n) is 2.93. The van der Waals surface area contributed by atoms with Crippen molar-refractivity contribution in [3.63, 3.8) is 0 Å². The summed E-state index contributed by atoms with van der Waals surface area (Å²) in [5, 5.41) is 8.86. The first-order chi connectivity index (χ1) is 6.57. The second-order valence-corrected chi connectivity index (χ2v) is 2.93. The highest BCUT2D eigenvalue weighted by atomic mass is 19.2. The smallest absolute Gasteiger partial charge is 0.200 e. The molecule has 1 unspecified atom stereocenters. The van der Waals surface area contributed by atoms with Crippen molar-refractivity contribution in [1.82, 2.24) is 0 Å². The molecule has 0 amide bonds. The predicted octanol–water partition coefficient (Wildman–Crippen LogP) is 2.25. The summed E-state index contributed by atoms with van der Waals surface area (Å²) in [5.41, 5.74) is 5.61. The molecule has 0 saturated carbocycles. The van der Waals surface area contributed by atoms with Gasteiger partial charge >= 0.3 is 0 Å². The first kappa shape index (κ1) is 10.7. The minimum Gasteiger partial charge on any atom is -0.505 e. The summed E-state index contributed by atoms with van der Waals surface area (Å²) < 4.78 is 26.1. The van der Waals surface area contributed by atoms with Crippen LogP contribution in [0.25, 0.3) is 0 Å². The van der Waals surface area contributed by atoms with Crippen molar-refractivity contribution in [2.75, 3.05) is 0 Å². The molecule has 14 heavy (non-hydrogen) atoms. The summed E-state index contributed by atoms with van der Waals surface area (Å²) in [6.45, 7) is 3.45. The third-order valence-electron chi connectivity index (χ3n) is 1.91. The van der Waals surface area contributed by atoms with Crippen LogP contribution in [0.1, 0.15) is 18.0 Å². The van der Waals surface area contributed by atoms with Gasteiger partial charge in [-0.25, -0.2) is 4.39 Å². The maximum atomic E-state index is 13.2. The van der Waals surface area contributed by atoms with Gasteiger partial charge in [0, 0.05) is 11.6 Å². The van der Waals surface area contributed by atoms with Crippen LogP contribution in [0.15, 0.2) is 24.8 Å². The molecule has 0 aliphatic rings. The molecule has 0 heterocycles. The molecule has 0 spiro atoms. The van der Waals surface area contributed by atoms with Crippen molar-refractivity contribution in [2.24, 2.45) is 5.73 Å². The Bertz CT molecular complexity index is 352. The fourth-order valence-electron chi connectivity index (χ4n) is 1.15. The van der Waals surface area contributed by atoms with Crippen molar-refractivity contribution in [1.29, 1.82) is 0 Å². The Morgan fingerprint density at radius 1 is 1.43 bits per heavy atom. The zero-order valence-corrected chi connectivity index (χ0v) is 7.50. The maximum Gasteiger partial charge on any atom is 0.200 e. The quantitative estimate of drug-likeness (QED) is 0.733. The summed E-state index contributed by atoms with van der Waals surface area (Å²) in [5.74, 6) is -3.07. The molecule has 0 aliphatic heterocycles. The van der Waals surface area contributed by atoms with Crippen molar-refractivity contribution in [3.05, 3.63) is 42.0 Å². The molecule has 1 rings (SSSR count). The van der Waals surface area contributed by atoms with Crippen molar-refractivity contribution < 1.29 is 13.9 Å². The molecular formula is C10H11F2NO. The first-order valence-electron chi connectivity index (χ1n) is 4.11. The molecule has 0 fully saturated rings. The summed E-state index contributed by atoms with van der Waals surface area (Å²) in [6.07, 6.45) is 1.87. The molecular weight excluding hydrogens is 188 g/mol. The zero-order valence-electron chi connectivity index (χ0n) is 7.50. The van der Waals surface area contributed by atoms with Crippen LogP contribution in [0.5, 0.6) is 5.75 Å². The third-order valence-corrected chi connectivity index (χ3v) is 1.91. The number of phenolic OH excluding ortho intramolecular Hbond substituents is 1. The average Bonchev–Trinajstić information content (AvgIpc) is 2.15. The van der Waals surface area contributed by atoms with Gasteiger partial charge in [-0.2, -0.15) is 4.39 Å². The topological polar surface area (TPSA) is 46.2 Å².